The van der Waals surface area contributed by atoms with Gasteiger partial charge in [0.05, 0.1) is 22.2 Å². The molecule has 1 fully saturated rings. The van der Waals surface area contributed by atoms with Gasteiger partial charge in [-0.3, -0.25) is 9.69 Å². The summed E-state index contributed by atoms with van der Waals surface area (Å²) in [7, 11) is 1.98. The van der Waals surface area contributed by atoms with Gasteiger partial charge in [0.1, 0.15) is 5.75 Å². The van der Waals surface area contributed by atoms with E-state index in [1.165, 1.54) is 27.8 Å². The van der Waals surface area contributed by atoms with Gasteiger partial charge < -0.3 is 9.64 Å². The Hall–Kier alpha value is -2.53. The lowest BCUT2D eigenvalue weighted by Crippen LogP contribution is -2.36. The summed E-state index contributed by atoms with van der Waals surface area (Å²) < 4.78 is 33.4. The summed E-state index contributed by atoms with van der Waals surface area (Å²) in [5.41, 5.74) is 1.19. The summed E-state index contributed by atoms with van der Waals surface area (Å²) in [5, 5.41) is 0.596. The standard InChI is InChI=1S/C23H28N4O4S2/c1-25(2)14-15-27(23-24-20-16-18(31-3)8-11-21(20)32-23)22(28)17-6-9-19(10-7-17)33(29,30)26-12-4-5-13-26/h6-11,16H,4-5,12-15H2,1-3H3. The molecule has 1 aliphatic heterocycles. The summed E-state index contributed by atoms with van der Waals surface area (Å²) in [4.78, 5) is 22.0. The number of hydrogen-bond donors (Lipinski definition) is 0. The monoisotopic (exact) mass is 488 g/mol. The van der Waals surface area contributed by atoms with Gasteiger partial charge in [0.25, 0.3) is 5.91 Å². The van der Waals surface area contributed by atoms with E-state index in [1.807, 2.05) is 37.2 Å². The van der Waals surface area contributed by atoms with Gasteiger partial charge in [-0.05, 0) is 63.3 Å². The number of thiazole rings is 1. The zero-order valence-electron chi connectivity index (χ0n) is 19.0. The number of anilines is 1. The first-order valence-corrected chi connectivity index (χ1v) is 13.1. The Morgan fingerprint density at radius 1 is 1.09 bits per heavy atom. The highest BCUT2D eigenvalue weighted by molar-refractivity contribution is 7.89. The minimum atomic E-state index is -3.52. The van der Waals surface area contributed by atoms with Crippen LogP contribution in [0.25, 0.3) is 10.2 Å². The van der Waals surface area contributed by atoms with E-state index in [9.17, 15) is 13.2 Å². The molecule has 0 aliphatic carbocycles. The van der Waals surface area contributed by atoms with Gasteiger partial charge >= 0.3 is 0 Å². The Labute approximate surface area is 198 Å². The molecular weight excluding hydrogens is 460 g/mol. The number of benzene rings is 2. The molecule has 0 spiro atoms. The highest BCUT2D eigenvalue weighted by Gasteiger charge is 2.28. The molecule has 3 aromatic rings. The highest BCUT2D eigenvalue weighted by Crippen LogP contribution is 2.32. The molecule has 1 aliphatic rings. The molecule has 2 aromatic carbocycles. The third kappa shape index (κ3) is 5.03. The van der Waals surface area contributed by atoms with Crippen molar-refractivity contribution in [3.8, 4) is 5.75 Å². The van der Waals surface area contributed by atoms with Crippen LogP contribution in [0.5, 0.6) is 5.75 Å². The molecule has 0 unspecified atom stereocenters. The van der Waals surface area contributed by atoms with Crippen LogP contribution in [0.4, 0.5) is 5.13 Å². The fraction of sp³-hybridized carbons (Fsp3) is 0.391. The fourth-order valence-electron chi connectivity index (χ4n) is 3.72. The summed E-state index contributed by atoms with van der Waals surface area (Å²) in [5.74, 6) is 0.494. The molecule has 0 saturated carbocycles. The molecule has 1 amide bonds. The zero-order valence-corrected chi connectivity index (χ0v) is 20.7. The van der Waals surface area contributed by atoms with Crippen molar-refractivity contribution in [1.82, 2.24) is 14.2 Å². The smallest absolute Gasteiger partial charge is 0.260 e. The minimum Gasteiger partial charge on any atom is -0.497 e. The number of aromatic nitrogens is 1. The second kappa shape index (κ2) is 9.76. The van der Waals surface area contributed by atoms with E-state index in [-0.39, 0.29) is 10.8 Å². The lowest BCUT2D eigenvalue weighted by Gasteiger charge is -2.22. The van der Waals surface area contributed by atoms with Gasteiger partial charge in [0.15, 0.2) is 5.13 Å². The Kier molecular flexibility index (Phi) is 6.99. The van der Waals surface area contributed by atoms with E-state index in [1.54, 1.807) is 24.1 Å². The maximum atomic E-state index is 13.5. The number of amides is 1. The number of carbonyl (C=O) groups is 1. The number of sulfonamides is 1. The number of ether oxygens (including phenoxy) is 1. The van der Waals surface area contributed by atoms with Crippen LogP contribution >= 0.6 is 11.3 Å². The van der Waals surface area contributed by atoms with E-state index < -0.39 is 10.0 Å². The maximum Gasteiger partial charge on any atom is 0.260 e. The molecule has 0 radical (unpaired) electrons. The Morgan fingerprint density at radius 2 is 1.79 bits per heavy atom. The van der Waals surface area contributed by atoms with Crippen molar-refractivity contribution in [3.05, 3.63) is 48.0 Å². The number of rotatable bonds is 8. The van der Waals surface area contributed by atoms with Crippen LogP contribution in [0.15, 0.2) is 47.4 Å². The summed E-state index contributed by atoms with van der Waals surface area (Å²) >= 11 is 1.44. The third-order valence-corrected chi connectivity index (χ3v) is 8.61. The highest BCUT2D eigenvalue weighted by atomic mass is 32.2. The van der Waals surface area contributed by atoms with Crippen LogP contribution in [0.3, 0.4) is 0 Å². The SMILES string of the molecule is COc1ccc2sc(N(CCN(C)C)C(=O)c3ccc(S(=O)(=O)N4CCCC4)cc3)nc2c1. The normalized spacial score (nSPS) is 14.8. The number of carbonyl (C=O) groups excluding carboxylic acids is 1. The molecule has 8 nitrogen and oxygen atoms in total. The second-order valence-corrected chi connectivity index (χ2v) is 11.2. The molecule has 1 aromatic heterocycles. The molecule has 1 saturated heterocycles. The van der Waals surface area contributed by atoms with Crippen molar-refractivity contribution < 1.29 is 17.9 Å². The quantitative estimate of drug-likeness (QED) is 0.484. The van der Waals surface area contributed by atoms with E-state index in [4.69, 9.17) is 4.74 Å². The predicted molar refractivity (Wildman–Crippen MR) is 131 cm³/mol. The minimum absolute atomic E-state index is 0.215. The van der Waals surface area contributed by atoms with Gasteiger partial charge in [-0.1, -0.05) is 11.3 Å². The van der Waals surface area contributed by atoms with E-state index in [0.717, 1.165) is 23.1 Å². The van der Waals surface area contributed by atoms with Crippen molar-refractivity contribution in [2.75, 3.05) is 52.3 Å². The predicted octanol–water partition coefficient (Wildman–Crippen LogP) is 3.30. The van der Waals surface area contributed by atoms with Gasteiger partial charge in [-0.25, -0.2) is 13.4 Å². The van der Waals surface area contributed by atoms with Crippen molar-refractivity contribution >= 4 is 42.6 Å². The zero-order chi connectivity index (χ0) is 23.6. The first kappa shape index (κ1) is 23.6. The number of nitrogens with zero attached hydrogens (tertiary/aromatic N) is 4. The number of methoxy groups -OCH3 is 1. The average molecular weight is 489 g/mol. The largest absolute Gasteiger partial charge is 0.497 e. The van der Waals surface area contributed by atoms with Crippen molar-refractivity contribution in [2.24, 2.45) is 0 Å². The molecule has 0 atom stereocenters. The maximum absolute atomic E-state index is 13.5. The molecule has 0 bridgehead atoms. The lowest BCUT2D eigenvalue weighted by atomic mass is 10.2. The average Bonchev–Trinajstić information content (AvgIpc) is 3.49. The molecular formula is C23H28N4O4S2. The van der Waals surface area contributed by atoms with Crippen molar-refractivity contribution in [1.29, 1.82) is 0 Å². The molecule has 10 heteroatoms. The number of fused-ring (bicyclic) bond motifs is 1. The van der Waals surface area contributed by atoms with Crippen LogP contribution in [-0.4, -0.2) is 75.9 Å². The van der Waals surface area contributed by atoms with Crippen molar-refractivity contribution in [3.63, 3.8) is 0 Å². The Balaban J connectivity index is 1.63. The van der Waals surface area contributed by atoms with Crippen LogP contribution in [0.1, 0.15) is 23.2 Å². The summed E-state index contributed by atoms with van der Waals surface area (Å²) in [6.07, 6.45) is 1.76. The van der Waals surface area contributed by atoms with E-state index >= 15 is 0 Å². The van der Waals surface area contributed by atoms with Gasteiger partial charge in [-0.2, -0.15) is 4.31 Å². The molecule has 4 rings (SSSR count). The Bertz CT molecular complexity index is 1230. The van der Waals surface area contributed by atoms with Gasteiger partial charge in [-0.15, -0.1) is 0 Å². The van der Waals surface area contributed by atoms with Crippen molar-refractivity contribution in [2.45, 2.75) is 17.7 Å². The van der Waals surface area contributed by atoms with Crippen LogP contribution in [-0.2, 0) is 10.0 Å². The van der Waals surface area contributed by atoms with Crippen LogP contribution in [0.2, 0.25) is 0 Å². The topological polar surface area (TPSA) is 83.0 Å². The third-order valence-electron chi connectivity index (χ3n) is 5.63. The second-order valence-electron chi connectivity index (χ2n) is 8.23. The lowest BCUT2D eigenvalue weighted by molar-refractivity contribution is 0.0985. The first-order valence-electron chi connectivity index (χ1n) is 10.8. The molecule has 176 valence electrons. The number of likely N-dealkylation sites (N-methyl/N-ethyl adjacent to an activating group) is 1. The summed E-state index contributed by atoms with van der Waals surface area (Å²) in [6.45, 7) is 2.20. The fourth-order valence-corrected chi connectivity index (χ4v) is 6.21. The Morgan fingerprint density at radius 3 is 2.42 bits per heavy atom. The van der Waals surface area contributed by atoms with Crippen LogP contribution < -0.4 is 9.64 Å². The molecule has 2 heterocycles. The van der Waals surface area contributed by atoms with E-state index in [0.29, 0.717) is 42.6 Å². The first-order chi connectivity index (χ1) is 15.8. The summed E-state index contributed by atoms with van der Waals surface area (Å²) in [6, 6.07) is 11.9. The van der Waals surface area contributed by atoms with Gasteiger partial charge in [0, 0.05) is 37.8 Å². The number of hydrogen-bond acceptors (Lipinski definition) is 7. The molecule has 33 heavy (non-hydrogen) atoms. The van der Waals surface area contributed by atoms with Gasteiger partial charge in [0.2, 0.25) is 10.0 Å². The molecule has 0 N–H and O–H groups in total. The van der Waals surface area contributed by atoms with E-state index in [2.05, 4.69) is 4.98 Å². The van der Waals surface area contributed by atoms with Crippen LogP contribution in [0, 0.1) is 0 Å².